The summed E-state index contributed by atoms with van der Waals surface area (Å²) in [6.45, 7) is 7.66. The number of imidazole rings is 1. The van der Waals surface area contributed by atoms with Crippen LogP contribution in [0.2, 0.25) is 0 Å². The van der Waals surface area contributed by atoms with Crippen LogP contribution in [0, 0.1) is 5.41 Å². The van der Waals surface area contributed by atoms with Gasteiger partial charge in [-0.25, -0.2) is 4.98 Å². The number of hydrogen-bond donors (Lipinski definition) is 1. The zero-order chi connectivity index (χ0) is 11.8. The van der Waals surface area contributed by atoms with Crippen molar-refractivity contribution in [1.82, 2.24) is 9.97 Å². The first kappa shape index (κ1) is 11.0. The van der Waals surface area contributed by atoms with Crippen LogP contribution in [0.15, 0.2) is 24.3 Å². The monoisotopic (exact) mass is 217 g/mol. The van der Waals surface area contributed by atoms with Gasteiger partial charge in [-0.15, -0.1) is 0 Å². The number of benzene rings is 1. The lowest BCUT2D eigenvalue weighted by Gasteiger charge is -2.26. The smallest absolute Gasteiger partial charge is 0.203 e. The number of anilines is 1. The zero-order valence-corrected chi connectivity index (χ0v) is 10.4. The number of nitrogens with one attached hydrogen (secondary N) is 1. The first-order valence-corrected chi connectivity index (χ1v) is 5.62. The molecule has 0 aliphatic carbocycles. The van der Waals surface area contributed by atoms with E-state index in [1.165, 1.54) is 0 Å². The molecule has 3 heteroatoms. The van der Waals surface area contributed by atoms with Gasteiger partial charge in [0.15, 0.2) is 0 Å². The van der Waals surface area contributed by atoms with Crippen LogP contribution in [0.3, 0.4) is 0 Å². The molecule has 1 aromatic heterocycles. The van der Waals surface area contributed by atoms with E-state index in [0.717, 1.165) is 23.5 Å². The summed E-state index contributed by atoms with van der Waals surface area (Å²) in [6, 6.07) is 8.11. The molecule has 0 unspecified atom stereocenters. The maximum atomic E-state index is 4.57. The summed E-state index contributed by atoms with van der Waals surface area (Å²) in [5, 5.41) is 0. The van der Waals surface area contributed by atoms with Crippen molar-refractivity contribution in [2.75, 3.05) is 18.5 Å². The third kappa shape index (κ3) is 2.35. The van der Waals surface area contributed by atoms with E-state index >= 15 is 0 Å². The van der Waals surface area contributed by atoms with Crippen molar-refractivity contribution in [2.45, 2.75) is 20.8 Å². The van der Waals surface area contributed by atoms with Crippen LogP contribution in [0.4, 0.5) is 5.95 Å². The lowest BCUT2D eigenvalue weighted by atomic mass is 9.96. The summed E-state index contributed by atoms with van der Waals surface area (Å²) in [7, 11) is 2.07. The van der Waals surface area contributed by atoms with Crippen LogP contribution in [-0.4, -0.2) is 23.6 Å². The largest absolute Gasteiger partial charge is 0.345 e. The molecule has 0 saturated carbocycles. The molecule has 0 aliphatic heterocycles. The molecule has 0 amide bonds. The summed E-state index contributed by atoms with van der Waals surface area (Å²) in [5.41, 5.74) is 2.39. The number of rotatable bonds is 2. The van der Waals surface area contributed by atoms with E-state index in [2.05, 4.69) is 48.8 Å². The third-order valence-electron chi connectivity index (χ3n) is 2.45. The maximum absolute atomic E-state index is 4.57. The Kier molecular flexibility index (Phi) is 2.62. The van der Waals surface area contributed by atoms with Crippen molar-refractivity contribution in [3.63, 3.8) is 0 Å². The average molecular weight is 217 g/mol. The molecule has 2 aromatic rings. The van der Waals surface area contributed by atoms with E-state index in [-0.39, 0.29) is 5.41 Å². The van der Waals surface area contributed by atoms with Crippen molar-refractivity contribution >= 4 is 17.0 Å². The minimum Gasteiger partial charge on any atom is -0.345 e. The molecule has 16 heavy (non-hydrogen) atoms. The Hall–Kier alpha value is -1.51. The summed E-state index contributed by atoms with van der Waals surface area (Å²) < 4.78 is 0. The number of para-hydroxylation sites is 2. The number of fused-ring (bicyclic) bond motifs is 1. The molecule has 0 saturated heterocycles. The zero-order valence-electron chi connectivity index (χ0n) is 10.4. The van der Waals surface area contributed by atoms with E-state index in [1.54, 1.807) is 0 Å². The Bertz CT molecular complexity index is 446. The molecule has 1 heterocycles. The number of H-pyrrole nitrogens is 1. The van der Waals surface area contributed by atoms with Gasteiger partial charge in [-0.2, -0.15) is 0 Å². The van der Waals surface area contributed by atoms with Crippen molar-refractivity contribution < 1.29 is 0 Å². The second kappa shape index (κ2) is 3.81. The van der Waals surface area contributed by atoms with Gasteiger partial charge in [-0.1, -0.05) is 32.9 Å². The van der Waals surface area contributed by atoms with Gasteiger partial charge >= 0.3 is 0 Å². The fourth-order valence-corrected chi connectivity index (χ4v) is 1.91. The molecule has 0 atom stereocenters. The van der Waals surface area contributed by atoms with Gasteiger partial charge in [-0.3, -0.25) is 0 Å². The van der Waals surface area contributed by atoms with E-state index in [0.29, 0.717) is 0 Å². The molecule has 0 spiro atoms. The van der Waals surface area contributed by atoms with Gasteiger partial charge < -0.3 is 9.88 Å². The minimum absolute atomic E-state index is 0.272. The first-order valence-electron chi connectivity index (χ1n) is 5.62. The molecule has 3 nitrogen and oxygen atoms in total. The highest BCUT2D eigenvalue weighted by Gasteiger charge is 2.15. The normalized spacial score (nSPS) is 12.0. The minimum atomic E-state index is 0.272. The highest BCUT2D eigenvalue weighted by atomic mass is 15.2. The van der Waals surface area contributed by atoms with Gasteiger partial charge in [0.2, 0.25) is 5.95 Å². The Labute approximate surface area is 96.5 Å². The third-order valence-corrected chi connectivity index (χ3v) is 2.45. The SMILES string of the molecule is CN(CC(C)(C)C)c1nc2ccccc2[nH]1. The van der Waals surface area contributed by atoms with Crippen LogP contribution >= 0.6 is 0 Å². The van der Waals surface area contributed by atoms with Gasteiger partial charge in [0, 0.05) is 13.6 Å². The second-order valence-corrected chi connectivity index (χ2v) is 5.49. The number of nitrogens with zero attached hydrogens (tertiary/aromatic N) is 2. The number of aromatic amines is 1. The van der Waals surface area contributed by atoms with Crippen LogP contribution < -0.4 is 4.90 Å². The Morgan fingerprint density at radius 2 is 1.94 bits per heavy atom. The van der Waals surface area contributed by atoms with Crippen LogP contribution in [-0.2, 0) is 0 Å². The molecule has 1 aromatic carbocycles. The van der Waals surface area contributed by atoms with Crippen LogP contribution in [0.1, 0.15) is 20.8 Å². The maximum Gasteiger partial charge on any atom is 0.203 e. The fraction of sp³-hybridized carbons (Fsp3) is 0.462. The lowest BCUT2D eigenvalue weighted by molar-refractivity contribution is 0.417. The molecule has 0 radical (unpaired) electrons. The van der Waals surface area contributed by atoms with Gasteiger partial charge in [0.1, 0.15) is 0 Å². The quantitative estimate of drug-likeness (QED) is 0.838. The highest BCUT2D eigenvalue weighted by molar-refractivity contribution is 5.77. The lowest BCUT2D eigenvalue weighted by Crippen LogP contribution is -2.29. The molecule has 0 fully saturated rings. The molecule has 1 N–H and O–H groups in total. The van der Waals surface area contributed by atoms with E-state index in [9.17, 15) is 0 Å². The molecule has 0 aliphatic rings. The Balaban J connectivity index is 2.26. The van der Waals surface area contributed by atoms with Crippen molar-refractivity contribution in [2.24, 2.45) is 5.41 Å². The van der Waals surface area contributed by atoms with Crippen molar-refractivity contribution in [1.29, 1.82) is 0 Å². The fourth-order valence-electron chi connectivity index (χ4n) is 1.91. The Morgan fingerprint density at radius 1 is 1.25 bits per heavy atom. The molecule has 2 rings (SSSR count). The van der Waals surface area contributed by atoms with Crippen molar-refractivity contribution in [3.8, 4) is 0 Å². The highest BCUT2D eigenvalue weighted by Crippen LogP contribution is 2.20. The van der Waals surface area contributed by atoms with Gasteiger partial charge in [-0.05, 0) is 17.5 Å². The standard InChI is InChI=1S/C13H19N3/c1-13(2,3)9-16(4)12-14-10-7-5-6-8-11(10)15-12/h5-8H,9H2,1-4H3,(H,14,15). The van der Waals surface area contributed by atoms with Crippen LogP contribution in [0.5, 0.6) is 0 Å². The molecule has 86 valence electrons. The van der Waals surface area contributed by atoms with Crippen molar-refractivity contribution in [3.05, 3.63) is 24.3 Å². The number of hydrogen-bond acceptors (Lipinski definition) is 2. The summed E-state index contributed by atoms with van der Waals surface area (Å²) >= 11 is 0. The van der Waals surface area contributed by atoms with Crippen LogP contribution in [0.25, 0.3) is 11.0 Å². The summed E-state index contributed by atoms with van der Waals surface area (Å²) in [4.78, 5) is 10.1. The van der Waals surface area contributed by atoms with Gasteiger partial charge in [0.05, 0.1) is 11.0 Å². The van der Waals surface area contributed by atoms with E-state index in [4.69, 9.17) is 0 Å². The summed E-state index contributed by atoms with van der Waals surface area (Å²) in [6.07, 6.45) is 0. The van der Waals surface area contributed by atoms with E-state index < -0.39 is 0 Å². The second-order valence-electron chi connectivity index (χ2n) is 5.49. The Morgan fingerprint density at radius 3 is 2.56 bits per heavy atom. The number of aromatic nitrogens is 2. The molecule has 0 bridgehead atoms. The molecular weight excluding hydrogens is 198 g/mol. The first-order chi connectivity index (χ1) is 7.46. The van der Waals surface area contributed by atoms with E-state index in [1.807, 2.05) is 18.2 Å². The molecular formula is C13H19N3. The topological polar surface area (TPSA) is 31.9 Å². The summed E-state index contributed by atoms with van der Waals surface area (Å²) in [5.74, 6) is 0.941. The predicted octanol–water partition coefficient (Wildman–Crippen LogP) is 3.05. The average Bonchev–Trinajstić information content (AvgIpc) is 2.58. The predicted molar refractivity (Wildman–Crippen MR) is 68.8 cm³/mol. The van der Waals surface area contributed by atoms with Gasteiger partial charge in [0.25, 0.3) is 0 Å².